The van der Waals surface area contributed by atoms with Gasteiger partial charge in [-0.15, -0.1) is 11.3 Å². The summed E-state index contributed by atoms with van der Waals surface area (Å²) in [5.41, 5.74) is 0.856. The standard InChI is InChI=1S/C23H28N2O5S/c1-16-7-8-19(31-16)14-25(13-18-6-5-9-30-18)15-22(26)24-12-17-10-20(27-2)23(29-4)21(11-17)28-3/h5-11H,12-15H2,1-4H3,(H,24,26). The van der Waals surface area contributed by atoms with E-state index in [1.54, 1.807) is 38.9 Å². The Bertz CT molecular complexity index is 959. The van der Waals surface area contributed by atoms with Gasteiger partial charge in [-0.1, -0.05) is 0 Å². The SMILES string of the molecule is COc1cc(CNC(=O)CN(Cc2ccco2)Cc2ccc(C)s2)cc(OC)c1OC. The summed E-state index contributed by atoms with van der Waals surface area (Å²) in [5, 5.41) is 2.98. The number of benzene rings is 1. The molecule has 166 valence electrons. The van der Waals surface area contributed by atoms with E-state index in [1.807, 2.05) is 24.3 Å². The van der Waals surface area contributed by atoms with Crippen LogP contribution in [0.3, 0.4) is 0 Å². The molecule has 0 aliphatic rings. The Morgan fingerprint density at radius 3 is 2.35 bits per heavy atom. The van der Waals surface area contributed by atoms with Crippen molar-refractivity contribution in [3.05, 3.63) is 63.7 Å². The van der Waals surface area contributed by atoms with E-state index in [-0.39, 0.29) is 12.5 Å². The van der Waals surface area contributed by atoms with Crippen LogP contribution in [0.2, 0.25) is 0 Å². The highest BCUT2D eigenvalue weighted by Gasteiger charge is 2.16. The molecule has 0 radical (unpaired) electrons. The van der Waals surface area contributed by atoms with Crippen LogP contribution in [0, 0.1) is 6.92 Å². The van der Waals surface area contributed by atoms with E-state index in [9.17, 15) is 4.79 Å². The third kappa shape index (κ3) is 6.26. The van der Waals surface area contributed by atoms with Gasteiger partial charge in [-0.25, -0.2) is 0 Å². The minimum atomic E-state index is -0.0754. The van der Waals surface area contributed by atoms with Crippen LogP contribution in [0.15, 0.2) is 47.1 Å². The normalized spacial score (nSPS) is 10.9. The van der Waals surface area contributed by atoms with E-state index in [1.165, 1.54) is 9.75 Å². The summed E-state index contributed by atoms with van der Waals surface area (Å²) >= 11 is 1.73. The number of thiophene rings is 1. The molecular formula is C23H28N2O5S. The van der Waals surface area contributed by atoms with Crippen LogP contribution in [-0.4, -0.2) is 38.7 Å². The molecule has 0 saturated heterocycles. The Morgan fingerprint density at radius 1 is 1.06 bits per heavy atom. The molecule has 3 aromatic rings. The first-order valence-electron chi connectivity index (χ1n) is 9.88. The Labute approximate surface area is 186 Å². The van der Waals surface area contributed by atoms with Gasteiger partial charge in [0.15, 0.2) is 11.5 Å². The first-order valence-corrected chi connectivity index (χ1v) is 10.7. The Hall–Kier alpha value is -2.97. The highest BCUT2D eigenvalue weighted by atomic mass is 32.1. The average Bonchev–Trinajstić information content (AvgIpc) is 3.42. The number of carbonyl (C=O) groups excluding carboxylic acids is 1. The second-order valence-electron chi connectivity index (χ2n) is 7.05. The fraction of sp³-hybridized carbons (Fsp3) is 0.348. The minimum Gasteiger partial charge on any atom is -0.493 e. The maximum Gasteiger partial charge on any atom is 0.234 e. The van der Waals surface area contributed by atoms with Crippen LogP contribution in [0.25, 0.3) is 0 Å². The average molecular weight is 445 g/mol. The molecule has 8 heteroatoms. The van der Waals surface area contributed by atoms with Crippen molar-refractivity contribution in [2.75, 3.05) is 27.9 Å². The molecule has 7 nitrogen and oxygen atoms in total. The molecule has 0 saturated carbocycles. The molecule has 2 heterocycles. The van der Waals surface area contributed by atoms with Gasteiger partial charge >= 0.3 is 0 Å². The van der Waals surface area contributed by atoms with Crippen molar-refractivity contribution in [2.45, 2.75) is 26.6 Å². The lowest BCUT2D eigenvalue weighted by molar-refractivity contribution is -0.122. The number of methoxy groups -OCH3 is 3. The zero-order valence-electron chi connectivity index (χ0n) is 18.3. The van der Waals surface area contributed by atoms with Crippen LogP contribution >= 0.6 is 11.3 Å². The number of hydrogen-bond acceptors (Lipinski definition) is 7. The van der Waals surface area contributed by atoms with Crippen molar-refractivity contribution in [1.29, 1.82) is 0 Å². The van der Waals surface area contributed by atoms with Gasteiger partial charge < -0.3 is 23.9 Å². The van der Waals surface area contributed by atoms with Gasteiger partial charge in [-0.2, -0.15) is 0 Å². The van der Waals surface area contributed by atoms with E-state index in [0.29, 0.717) is 36.9 Å². The molecule has 0 aliphatic heterocycles. The Balaban J connectivity index is 1.65. The zero-order chi connectivity index (χ0) is 22.2. The topological polar surface area (TPSA) is 73.2 Å². The monoisotopic (exact) mass is 444 g/mol. The van der Waals surface area contributed by atoms with Crippen LogP contribution in [0.4, 0.5) is 0 Å². The van der Waals surface area contributed by atoms with E-state index >= 15 is 0 Å². The first kappa shape index (κ1) is 22.7. The predicted octanol–water partition coefficient (Wildman–Crippen LogP) is 3.99. The van der Waals surface area contributed by atoms with Gasteiger partial charge in [0.05, 0.1) is 40.7 Å². The van der Waals surface area contributed by atoms with Gasteiger partial charge in [-0.05, 0) is 48.9 Å². The summed E-state index contributed by atoms with van der Waals surface area (Å²) in [4.78, 5) is 17.2. The summed E-state index contributed by atoms with van der Waals surface area (Å²) in [6.07, 6.45) is 1.65. The van der Waals surface area contributed by atoms with Crippen molar-refractivity contribution >= 4 is 17.2 Å². The molecular weight excluding hydrogens is 416 g/mol. The van der Waals surface area contributed by atoms with Gasteiger partial charge in [0.2, 0.25) is 11.7 Å². The number of nitrogens with zero attached hydrogens (tertiary/aromatic N) is 1. The third-order valence-corrected chi connectivity index (χ3v) is 5.70. The molecule has 3 rings (SSSR count). The molecule has 0 aliphatic carbocycles. The summed E-state index contributed by atoms with van der Waals surface area (Å²) in [7, 11) is 4.70. The minimum absolute atomic E-state index is 0.0754. The third-order valence-electron chi connectivity index (χ3n) is 4.72. The van der Waals surface area contributed by atoms with Gasteiger partial charge in [-0.3, -0.25) is 9.69 Å². The molecule has 0 fully saturated rings. The van der Waals surface area contributed by atoms with E-state index in [0.717, 1.165) is 11.3 Å². The summed E-state index contributed by atoms with van der Waals surface area (Å²) in [6.45, 7) is 3.91. The molecule has 31 heavy (non-hydrogen) atoms. The van der Waals surface area contributed by atoms with Gasteiger partial charge in [0.1, 0.15) is 5.76 Å². The molecule has 2 aromatic heterocycles. The number of amides is 1. The number of hydrogen-bond donors (Lipinski definition) is 1. The maximum atomic E-state index is 12.7. The van der Waals surface area contributed by atoms with Crippen molar-refractivity contribution in [3.8, 4) is 17.2 Å². The molecule has 1 amide bonds. The van der Waals surface area contributed by atoms with Gasteiger partial charge in [0, 0.05) is 22.8 Å². The lowest BCUT2D eigenvalue weighted by Gasteiger charge is -2.20. The molecule has 0 spiro atoms. The number of nitrogens with one attached hydrogen (secondary N) is 1. The van der Waals surface area contributed by atoms with Crippen molar-refractivity contribution in [2.24, 2.45) is 0 Å². The van der Waals surface area contributed by atoms with Gasteiger partial charge in [0.25, 0.3) is 0 Å². The summed E-state index contributed by atoms with van der Waals surface area (Å²) < 4.78 is 21.6. The second-order valence-corrected chi connectivity index (χ2v) is 8.42. The molecule has 0 atom stereocenters. The summed E-state index contributed by atoms with van der Waals surface area (Å²) in [5.74, 6) is 2.38. The Morgan fingerprint density at radius 2 is 1.81 bits per heavy atom. The highest BCUT2D eigenvalue weighted by molar-refractivity contribution is 7.11. The lowest BCUT2D eigenvalue weighted by Crippen LogP contribution is -2.36. The summed E-state index contributed by atoms with van der Waals surface area (Å²) in [6, 6.07) is 11.6. The zero-order valence-corrected chi connectivity index (χ0v) is 19.1. The van der Waals surface area contributed by atoms with Crippen molar-refractivity contribution in [3.63, 3.8) is 0 Å². The quantitative estimate of drug-likeness (QED) is 0.482. The number of aryl methyl sites for hydroxylation is 1. The number of furan rings is 1. The smallest absolute Gasteiger partial charge is 0.234 e. The van der Waals surface area contributed by atoms with Crippen LogP contribution < -0.4 is 19.5 Å². The molecule has 0 unspecified atom stereocenters. The van der Waals surface area contributed by atoms with Crippen molar-refractivity contribution in [1.82, 2.24) is 10.2 Å². The predicted molar refractivity (Wildman–Crippen MR) is 120 cm³/mol. The Kier molecular flexibility index (Phi) is 7.97. The molecule has 1 aromatic carbocycles. The van der Waals surface area contributed by atoms with Crippen LogP contribution in [0.1, 0.15) is 21.1 Å². The highest BCUT2D eigenvalue weighted by Crippen LogP contribution is 2.38. The fourth-order valence-corrected chi connectivity index (χ4v) is 4.21. The first-order chi connectivity index (χ1) is 15.0. The van der Waals surface area contributed by atoms with Crippen molar-refractivity contribution < 1.29 is 23.4 Å². The largest absolute Gasteiger partial charge is 0.493 e. The maximum absolute atomic E-state index is 12.7. The van der Waals surface area contributed by atoms with E-state index < -0.39 is 0 Å². The lowest BCUT2D eigenvalue weighted by atomic mass is 10.1. The fourth-order valence-electron chi connectivity index (χ4n) is 3.28. The second kappa shape index (κ2) is 10.9. The van der Waals surface area contributed by atoms with Crippen LogP contribution in [0.5, 0.6) is 17.2 Å². The molecule has 1 N–H and O–H groups in total. The number of ether oxygens (including phenoxy) is 3. The number of rotatable bonds is 11. The molecule has 0 bridgehead atoms. The number of carbonyl (C=O) groups is 1. The van der Waals surface area contributed by atoms with E-state index in [2.05, 4.69) is 29.3 Å². The van der Waals surface area contributed by atoms with Crippen LogP contribution in [-0.2, 0) is 24.4 Å². The van der Waals surface area contributed by atoms with E-state index in [4.69, 9.17) is 18.6 Å².